The average molecular weight is 128 g/mol. The van der Waals surface area contributed by atoms with Crippen LogP contribution in [0.2, 0.25) is 0 Å². The Kier molecular flexibility index (Phi) is 2.09. The molecular weight excluding hydrogens is 112 g/mol. The predicted molar refractivity (Wildman–Crippen MR) is 39.0 cm³/mol. The summed E-state index contributed by atoms with van der Waals surface area (Å²) in [6, 6.07) is 0. The monoisotopic (exact) mass is 128 g/mol. The summed E-state index contributed by atoms with van der Waals surface area (Å²) in [5, 5.41) is 0. The van der Waals surface area contributed by atoms with Gasteiger partial charge in [0.05, 0.1) is 6.17 Å². The van der Waals surface area contributed by atoms with Gasteiger partial charge in [0.25, 0.3) is 0 Å². The first kappa shape index (κ1) is 7.03. The molecule has 1 atom stereocenters. The molecule has 2 N–H and O–H groups in total. The molecule has 0 aliphatic carbocycles. The Morgan fingerprint density at radius 2 is 2.00 bits per heavy atom. The lowest BCUT2D eigenvalue weighted by Crippen LogP contribution is -2.30. The Morgan fingerprint density at radius 1 is 1.44 bits per heavy atom. The van der Waals surface area contributed by atoms with Crippen molar-refractivity contribution in [3.05, 3.63) is 0 Å². The normalized spacial score (nSPS) is 22.7. The van der Waals surface area contributed by atoms with E-state index in [0.29, 0.717) is 6.17 Å². The van der Waals surface area contributed by atoms with Crippen LogP contribution in [-0.2, 0) is 0 Å². The highest BCUT2D eigenvalue weighted by atomic mass is 15.3. The molecule has 9 heavy (non-hydrogen) atoms. The van der Waals surface area contributed by atoms with Crippen LogP contribution in [0.25, 0.3) is 0 Å². The standard InChI is InChI=1S/C7H16N2/c1-6(2)5-7(8)9-3-4-9/h6-7H,3-5,8H2,1-2H3. The van der Waals surface area contributed by atoms with E-state index in [4.69, 9.17) is 5.73 Å². The molecule has 1 unspecified atom stereocenters. The molecule has 0 amide bonds. The van der Waals surface area contributed by atoms with Crippen LogP contribution in [0.4, 0.5) is 0 Å². The third-order valence-electron chi connectivity index (χ3n) is 1.66. The zero-order valence-electron chi connectivity index (χ0n) is 6.30. The van der Waals surface area contributed by atoms with E-state index >= 15 is 0 Å². The van der Waals surface area contributed by atoms with Crippen molar-refractivity contribution in [1.29, 1.82) is 0 Å². The van der Waals surface area contributed by atoms with Crippen molar-refractivity contribution in [1.82, 2.24) is 4.90 Å². The summed E-state index contributed by atoms with van der Waals surface area (Å²) >= 11 is 0. The van der Waals surface area contributed by atoms with Crippen molar-refractivity contribution in [2.45, 2.75) is 26.4 Å². The van der Waals surface area contributed by atoms with Gasteiger partial charge in [-0.2, -0.15) is 0 Å². The molecule has 54 valence electrons. The molecule has 1 heterocycles. The predicted octanol–water partition coefficient (Wildman–Crippen LogP) is 0.633. The number of rotatable bonds is 3. The summed E-state index contributed by atoms with van der Waals surface area (Å²) in [6.07, 6.45) is 1.48. The lowest BCUT2D eigenvalue weighted by Gasteiger charge is -2.13. The fourth-order valence-corrected chi connectivity index (χ4v) is 1.02. The first-order chi connectivity index (χ1) is 4.20. The summed E-state index contributed by atoms with van der Waals surface area (Å²) in [6.45, 7) is 6.86. The largest absolute Gasteiger partial charge is 0.316 e. The van der Waals surface area contributed by atoms with Crippen LogP contribution in [0, 0.1) is 5.92 Å². The van der Waals surface area contributed by atoms with Gasteiger partial charge in [0.15, 0.2) is 0 Å². The maximum absolute atomic E-state index is 5.81. The quantitative estimate of drug-likeness (QED) is 0.565. The van der Waals surface area contributed by atoms with E-state index < -0.39 is 0 Å². The second-order valence-electron chi connectivity index (χ2n) is 3.23. The fourth-order valence-electron chi connectivity index (χ4n) is 1.02. The molecule has 0 radical (unpaired) electrons. The van der Waals surface area contributed by atoms with E-state index in [9.17, 15) is 0 Å². The van der Waals surface area contributed by atoms with Gasteiger partial charge in [-0.25, -0.2) is 0 Å². The third kappa shape index (κ3) is 2.33. The van der Waals surface area contributed by atoms with E-state index in [2.05, 4.69) is 18.7 Å². The van der Waals surface area contributed by atoms with E-state index in [1.54, 1.807) is 0 Å². The van der Waals surface area contributed by atoms with Gasteiger partial charge in [-0.05, 0) is 12.3 Å². The summed E-state index contributed by atoms with van der Waals surface area (Å²) in [4.78, 5) is 2.29. The van der Waals surface area contributed by atoms with Crippen LogP contribution in [0.3, 0.4) is 0 Å². The summed E-state index contributed by atoms with van der Waals surface area (Å²) in [7, 11) is 0. The van der Waals surface area contributed by atoms with Gasteiger partial charge >= 0.3 is 0 Å². The van der Waals surface area contributed by atoms with E-state index in [-0.39, 0.29) is 0 Å². The van der Waals surface area contributed by atoms with Crippen LogP contribution in [0.5, 0.6) is 0 Å². The van der Waals surface area contributed by atoms with E-state index in [0.717, 1.165) is 12.3 Å². The Bertz CT molecular complexity index is 86.9. The van der Waals surface area contributed by atoms with Crippen LogP contribution >= 0.6 is 0 Å². The maximum Gasteiger partial charge on any atom is 0.0575 e. The number of hydrogen-bond acceptors (Lipinski definition) is 2. The van der Waals surface area contributed by atoms with Crippen LogP contribution < -0.4 is 5.73 Å². The number of nitrogens with two attached hydrogens (primary N) is 1. The topological polar surface area (TPSA) is 29.0 Å². The fraction of sp³-hybridized carbons (Fsp3) is 1.00. The minimum Gasteiger partial charge on any atom is -0.316 e. The highest BCUT2D eigenvalue weighted by Gasteiger charge is 2.24. The van der Waals surface area contributed by atoms with Crippen molar-refractivity contribution in [3.63, 3.8) is 0 Å². The van der Waals surface area contributed by atoms with Gasteiger partial charge in [-0.3, -0.25) is 4.90 Å². The van der Waals surface area contributed by atoms with Crippen molar-refractivity contribution in [3.8, 4) is 0 Å². The van der Waals surface area contributed by atoms with Crippen molar-refractivity contribution < 1.29 is 0 Å². The molecule has 0 saturated carbocycles. The molecule has 0 aromatic heterocycles. The number of nitrogens with zero attached hydrogens (tertiary/aromatic N) is 1. The van der Waals surface area contributed by atoms with E-state index in [1.165, 1.54) is 13.1 Å². The number of hydrogen-bond donors (Lipinski definition) is 1. The molecule has 1 fully saturated rings. The van der Waals surface area contributed by atoms with E-state index in [1.807, 2.05) is 0 Å². The van der Waals surface area contributed by atoms with Crippen LogP contribution in [0.1, 0.15) is 20.3 Å². The van der Waals surface area contributed by atoms with Gasteiger partial charge in [0.2, 0.25) is 0 Å². The smallest absolute Gasteiger partial charge is 0.0575 e. The Morgan fingerprint density at radius 3 is 2.33 bits per heavy atom. The molecule has 1 rings (SSSR count). The van der Waals surface area contributed by atoms with Crippen LogP contribution in [0.15, 0.2) is 0 Å². The molecular formula is C7H16N2. The Balaban J connectivity index is 2.10. The third-order valence-corrected chi connectivity index (χ3v) is 1.66. The van der Waals surface area contributed by atoms with Gasteiger partial charge in [-0.1, -0.05) is 13.8 Å². The summed E-state index contributed by atoms with van der Waals surface area (Å²) in [5.74, 6) is 0.737. The minimum atomic E-state index is 0.338. The molecule has 0 aromatic rings. The highest BCUT2D eigenvalue weighted by Crippen LogP contribution is 2.13. The summed E-state index contributed by atoms with van der Waals surface area (Å²) in [5.41, 5.74) is 5.81. The highest BCUT2D eigenvalue weighted by molar-refractivity contribution is 4.78. The molecule has 1 aliphatic rings. The van der Waals surface area contributed by atoms with Gasteiger partial charge in [-0.15, -0.1) is 0 Å². The molecule has 1 saturated heterocycles. The first-order valence-corrected chi connectivity index (χ1v) is 3.70. The van der Waals surface area contributed by atoms with Crippen molar-refractivity contribution >= 4 is 0 Å². The molecule has 1 aliphatic heterocycles. The molecule has 0 spiro atoms. The molecule has 2 nitrogen and oxygen atoms in total. The van der Waals surface area contributed by atoms with Crippen LogP contribution in [-0.4, -0.2) is 24.2 Å². The van der Waals surface area contributed by atoms with Crippen molar-refractivity contribution in [2.24, 2.45) is 11.7 Å². The zero-order valence-corrected chi connectivity index (χ0v) is 6.30. The second kappa shape index (κ2) is 2.67. The Labute approximate surface area is 57.0 Å². The zero-order chi connectivity index (χ0) is 6.85. The van der Waals surface area contributed by atoms with Crippen molar-refractivity contribution in [2.75, 3.05) is 13.1 Å². The maximum atomic E-state index is 5.81. The first-order valence-electron chi connectivity index (χ1n) is 3.70. The second-order valence-corrected chi connectivity index (χ2v) is 3.23. The Hall–Kier alpha value is -0.0800. The summed E-state index contributed by atoms with van der Waals surface area (Å²) < 4.78 is 0. The lowest BCUT2D eigenvalue weighted by molar-refractivity contribution is 0.344. The van der Waals surface area contributed by atoms with Gasteiger partial charge < -0.3 is 5.73 Å². The molecule has 0 bridgehead atoms. The molecule has 0 aromatic carbocycles. The minimum absolute atomic E-state index is 0.338. The van der Waals surface area contributed by atoms with Gasteiger partial charge in [0, 0.05) is 13.1 Å². The van der Waals surface area contributed by atoms with Gasteiger partial charge in [0.1, 0.15) is 0 Å². The molecule has 2 heteroatoms. The average Bonchev–Trinajstić information content (AvgIpc) is 2.40. The SMILES string of the molecule is CC(C)CC(N)N1CC1. The lowest BCUT2D eigenvalue weighted by atomic mass is 10.1.